The normalized spacial score (nSPS) is 23.6. The monoisotopic (exact) mass is 289 g/mol. The average molecular weight is 289 g/mol. The Morgan fingerprint density at radius 3 is 2.48 bits per heavy atom. The van der Waals surface area contributed by atoms with E-state index in [1.807, 2.05) is 13.8 Å². The summed E-state index contributed by atoms with van der Waals surface area (Å²) >= 11 is 0. The second-order valence-corrected chi connectivity index (χ2v) is 6.84. The molecule has 0 bridgehead atoms. The van der Waals surface area contributed by atoms with Crippen molar-refractivity contribution in [3.05, 3.63) is 34.9 Å². The Balaban J connectivity index is 1.62. The smallest absolute Gasteiger partial charge is 0.162 e. The quantitative estimate of drug-likeness (QED) is 0.925. The fraction of sp³-hybridized carbons (Fsp3) is 0.667. The zero-order valence-electron chi connectivity index (χ0n) is 13.4. The third kappa shape index (κ3) is 3.65. The van der Waals surface area contributed by atoms with Crippen LogP contribution in [0, 0.1) is 0 Å². The second-order valence-electron chi connectivity index (χ2n) is 6.84. The summed E-state index contributed by atoms with van der Waals surface area (Å²) in [6.07, 6.45) is 5.15. The number of benzene rings is 1. The van der Waals surface area contributed by atoms with E-state index in [1.54, 1.807) is 11.1 Å². The number of nitrogens with one attached hydrogen (secondary N) is 1. The Morgan fingerprint density at radius 2 is 1.76 bits per heavy atom. The predicted octanol–water partition coefficient (Wildman–Crippen LogP) is 3.37. The lowest BCUT2D eigenvalue weighted by Gasteiger charge is -2.36. The Kier molecular flexibility index (Phi) is 4.34. The van der Waals surface area contributed by atoms with Gasteiger partial charge in [-0.1, -0.05) is 18.2 Å². The first-order valence-electron chi connectivity index (χ1n) is 8.19. The third-order valence-electron chi connectivity index (χ3n) is 4.62. The number of aryl methyl sites for hydroxylation is 2. The molecule has 3 rings (SSSR count). The van der Waals surface area contributed by atoms with Gasteiger partial charge in [-0.25, -0.2) is 0 Å². The number of fused-ring (bicyclic) bond motifs is 1. The summed E-state index contributed by atoms with van der Waals surface area (Å²) < 4.78 is 11.4. The lowest BCUT2D eigenvalue weighted by molar-refractivity contribution is -0.253. The minimum Gasteiger partial charge on any atom is -0.349 e. The SMILES string of the molecule is CC(NC1COC(C)(C)OC1)c1ccc2c(c1)CCCC2. The van der Waals surface area contributed by atoms with Crippen LogP contribution in [0.1, 0.15) is 56.3 Å². The van der Waals surface area contributed by atoms with Crippen molar-refractivity contribution >= 4 is 0 Å². The van der Waals surface area contributed by atoms with Crippen molar-refractivity contribution in [1.29, 1.82) is 0 Å². The molecule has 1 aromatic carbocycles. The fourth-order valence-corrected chi connectivity index (χ4v) is 3.26. The molecule has 1 heterocycles. The van der Waals surface area contributed by atoms with Gasteiger partial charge in [0, 0.05) is 6.04 Å². The van der Waals surface area contributed by atoms with Crippen LogP contribution in [0.5, 0.6) is 0 Å². The van der Waals surface area contributed by atoms with Crippen molar-refractivity contribution in [3.8, 4) is 0 Å². The first-order valence-corrected chi connectivity index (χ1v) is 8.19. The van der Waals surface area contributed by atoms with E-state index < -0.39 is 5.79 Å². The molecule has 1 fully saturated rings. The molecule has 1 aliphatic heterocycles. The Labute approximate surface area is 128 Å². The van der Waals surface area contributed by atoms with E-state index in [1.165, 1.54) is 31.2 Å². The molecule has 3 nitrogen and oxygen atoms in total. The average Bonchev–Trinajstić information content (AvgIpc) is 2.49. The highest BCUT2D eigenvalue weighted by Crippen LogP contribution is 2.25. The van der Waals surface area contributed by atoms with Gasteiger partial charge in [0.25, 0.3) is 0 Å². The molecule has 0 saturated carbocycles. The fourth-order valence-electron chi connectivity index (χ4n) is 3.26. The maximum Gasteiger partial charge on any atom is 0.162 e. The molecular formula is C18H27NO2. The van der Waals surface area contributed by atoms with E-state index in [4.69, 9.17) is 9.47 Å². The molecule has 21 heavy (non-hydrogen) atoms. The second kappa shape index (κ2) is 6.07. The van der Waals surface area contributed by atoms with Crippen molar-refractivity contribution in [3.63, 3.8) is 0 Å². The molecule has 0 spiro atoms. The van der Waals surface area contributed by atoms with Gasteiger partial charge >= 0.3 is 0 Å². The minimum atomic E-state index is -0.437. The predicted molar refractivity (Wildman–Crippen MR) is 84.4 cm³/mol. The van der Waals surface area contributed by atoms with Crippen LogP contribution in [0.2, 0.25) is 0 Å². The van der Waals surface area contributed by atoms with Crippen molar-refractivity contribution in [2.45, 2.75) is 64.3 Å². The van der Waals surface area contributed by atoms with Gasteiger partial charge in [0.15, 0.2) is 5.79 Å². The van der Waals surface area contributed by atoms with E-state index in [0.717, 1.165) is 0 Å². The summed E-state index contributed by atoms with van der Waals surface area (Å²) in [5, 5.41) is 3.63. The molecule has 0 aromatic heterocycles. The van der Waals surface area contributed by atoms with E-state index in [-0.39, 0.29) is 6.04 Å². The van der Waals surface area contributed by atoms with Gasteiger partial charge in [0.05, 0.1) is 19.3 Å². The Bertz CT molecular complexity index is 488. The summed E-state index contributed by atoms with van der Waals surface area (Å²) in [7, 11) is 0. The number of ether oxygens (including phenoxy) is 2. The molecule has 3 heteroatoms. The molecule has 1 aliphatic carbocycles. The maximum atomic E-state index is 5.72. The van der Waals surface area contributed by atoms with Gasteiger partial charge in [-0.3, -0.25) is 0 Å². The van der Waals surface area contributed by atoms with Gasteiger partial charge in [-0.2, -0.15) is 0 Å². The van der Waals surface area contributed by atoms with Gasteiger partial charge in [-0.15, -0.1) is 0 Å². The molecule has 1 atom stereocenters. The highest BCUT2D eigenvalue weighted by atomic mass is 16.7. The minimum absolute atomic E-state index is 0.268. The maximum absolute atomic E-state index is 5.72. The van der Waals surface area contributed by atoms with E-state index in [0.29, 0.717) is 19.3 Å². The van der Waals surface area contributed by atoms with Crippen LogP contribution in [0.15, 0.2) is 18.2 Å². The van der Waals surface area contributed by atoms with Crippen LogP contribution in [0.25, 0.3) is 0 Å². The van der Waals surface area contributed by atoms with Gasteiger partial charge in [0.1, 0.15) is 0 Å². The molecule has 1 N–H and O–H groups in total. The number of hydrogen-bond donors (Lipinski definition) is 1. The van der Waals surface area contributed by atoms with Crippen molar-refractivity contribution < 1.29 is 9.47 Å². The topological polar surface area (TPSA) is 30.5 Å². The first kappa shape index (κ1) is 15.0. The van der Waals surface area contributed by atoms with Gasteiger partial charge < -0.3 is 14.8 Å². The Hall–Kier alpha value is -0.900. The molecule has 116 valence electrons. The van der Waals surface area contributed by atoms with Crippen molar-refractivity contribution in [1.82, 2.24) is 5.32 Å². The summed E-state index contributed by atoms with van der Waals surface area (Å²) in [6.45, 7) is 7.58. The zero-order valence-corrected chi connectivity index (χ0v) is 13.4. The molecule has 2 aliphatic rings. The summed E-state index contributed by atoms with van der Waals surface area (Å²) in [5.74, 6) is -0.437. The molecular weight excluding hydrogens is 262 g/mol. The molecule has 1 unspecified atom stereocenters. The van der Waals surface area contributed by atoms with E-state index in [9.17, 15) is 0 Å². The highest BCUT2D eigenvalue weighted by Gasteiger charge is 2.29. The third-order valence-corrected chi connectivity index (χ3v) is 4.62. The van der Waals surface area contributed by atoms with Crippen LogP contribution in [-0.4, -0.2) is 25.0 Å². The lowest BCUT2D eigenvalue weighted by atomic mass is 9.89. The van der Waals surface area contributed by atoms with Crippen LogP contribution in [0.3, 0.4) is 0 Å². The summed E-state index contributed by atoms with van der Waals surface area (Å²) in [4.78, 5) is 0. The zero-order chi connectivity index (χ0) is 14.9. The number of hydrogen-bond acceptors (Lipinski definition) is 3. The van der Waals surface area contributed by atoms with Crippen molar-refractivity contribution in [2.75, 3.05) is 13.2 Å². The van der Waals surface area contributed by atoms with E-state index in [2.05, 4.69) is 30.4 Å². The first-order chi connectivity index (χ1) is 10.0. The Morgan fingerprint density at radius 1 is 1.10 bits per heavy atom. The van der Waals surface area contributed by atoms with Crippen molar-refractivity contribution in [2.24, 2.45) is 0 Å². The summed E-state index contributed by atoms with van der Waals surface area (Å²) in [6, 6.07) is 7.58. The van der Waals surface area contributed by atoms with Crippen LogP contribution in [-0.2, 0) is 22.3 Å². The largest absolute Gasteiger partial charge is 0.349 e. The van der Waals surface area contributed by atoms with Crippen LogP contribution >= 0.6 is 0 Å². The molecule has 1 aromatic rings. The van der Waals surface area contributed by atoms with Crippen LogP contribution < -0.4 is 5.32 Å². The van der Waals surface area contributed by atoms with Gasteiger partial charge in [-0.05, 0) is 63.1 Å². The van der Waals surface area contributed by atoms with E-state index >= 15 is 0 Å². The van der Waals surface area contributed by atoms with Gasteiger partial charge in [0.2, 0.25) is 0 Å². The molecule has 0 amide bonds. The number of rotatable bonds is 3. The molecule has 0 radical (unpaired) electrons. The highest BCUT2D eigenvalue weighted by molar-refractivity contribution is 5.35. The standard InChI is InChI=1S/C18H27NO2/c1-13(19-17-11-20-18(2,3)21-12-17)15-9-8-14-6-4-5-7-16(14)10-15/h8-10,13,17,19H,4-7,11-12H2,1-3H3. The summed E-state index contributed by atoms with van der Waals surface area (Å²) in [5.41, 5.74) is 4.47. The molecule has 1 saturated heterocycles. The van der Waals surface area contributed by atoms with Crippen LogP contribution in [0.4, 0.5) is 0 Å². The lowest BCUT2D eigenvalue weighted by Crippen LogP contribution is -2.49.